The number of nitrogens with zero attached hydrogens (tertiary/aromatic N) is 1. The van der Waals surface area contributed by atoms with Gasteiger partial charge in [-0.05, 0) is 18.1 Å². The molecule has 0 aliphatic carbocycles. The van der Waals surface area contributed by atoms with Crippen LogP contribution in [0.5, 0.6) is 0 Å². The molecule has 0 bridgehead atoms. The Balaban J connectivity index is 1.71. The Hall–Kier alpha value is -2.50. The lowest BCUT2D eigenvalue weighted by molar-refractivity contribution is -0.185. The molecule has 0 N–H and O–H groups in total. The first-order chi connectivity index (χ1) is 12.2. The van der Waals surface area contributed by atoms with Gasteiger partial charge in [0.2, 0.25) is 0 Å². The molecule has 3 atom stereocenters. The zero-order chi connectivity index (χ0) is 17.6. The molecule has 0 aromatic heterocycles. The van der Waals surface area contributed by atoms with Crippen LogP contribution in [-0.2, 0) is 32.3 Å². The van der Waals surface area contributed by atoms with E-state index in [9.17, 15) is 9.59 Å². The van der Waals surface area contributed by atoms with Crippen LogP contribution in [0.25, 0.3) is 0 Å². The van der Waals surface area contributed by atoms with E-state index in [1.54, 1.807) is 12.0 Å². The maximum atomic E-state index is 12.6. The van der Waals surface area contributed by atoms with E-state index in [0.717, 1.165) is 17.4 Å². The molecule has 0 spiro atoms. The van der Waals surface area contributed by atoms with Crippen LogP contribution in [0.1, 0.15) is 18.1 Å². The lowest BCUT2D eigenvalue weighted by atomic mass is 9.97. The molecule has 0 unspecified atom stereocenters. The highest BCUT2D eigenvalue weighted by Gasteiger charge is 2.46. The summed E-state index contributed by atoms with van der Waals surface area (Å²) in [7, 11) is 0. The van der Waals surface area contributed by atoms with Gasteiger partial charge in [0, 0.05) is 0 Å². The van der Waals surface area contributed by atoms with Crippen LogP contribution < -0.4 is 0 Å². The van der Waals surface area contributed by atoms with Gasteiger partial charge in [0.05, 0.1) is 18.6 Å². The maximum Gasteiger partial charge on any atom is 0.326 e. The topological polar surface area (TPSA) is 55.8 Å². The number of esters is 1. The molecular weight excluding hydrogens is 318 g/mol. The molecule has 0 radical (unpaired) electrons. The highest BCUT2D eigenvalue weighted by atomic mass is 16.7. The summed E-state index contributed by atoms with van der Waals surface area (Å²) < 4.78 is 5.44. The Morgan fingerprint density at radius 3 is 2.28 bits per heavy atom. The fourth-order valence-electron chi connectivity index (χ4n) is 2.97. The molecule has 1 saturated heterocycles. The van der Waals surface area contributed by atoms with Gasteiger partial charge in [-0.1, -0.05) is 60.7 Å². The van der Waals surface area contributed by atoms with Crippen molar-refractivity contribution in [1.29, 1.82) is 0 Å². The SMILES string of the molecule is C[C@H]1ON(Cc2ccccc2)[C@@H](C(=O)OCc2ccccc2)[C@@H]1C=O. The Labute approximate surface area is 147 Å². The summed E-state index contributed by atoms with van der Waals surface area (Å²) in [4.78, 5) is 29.9. The van der Waals surface area contributed by atoms with Crippen molar-refractivity contribution >= 4 is 12.3 Å². The van der Waals surface area contributed by atoms with E-state index in [-0.39, 0.29) is 12.7 Å². The fourth-order valence-corrected chi connectivity index (χ4v) is 2.97. The highest BCUT2D eigenvalue weighted by Crippen LogP contribution is 2.29. The van der Waals surface area contributed by atoms with Crippen LogP contribution in [0, 0.1) is 5.92 Å². The van der Waals surface area contributed by atoms with Crippen molar-refractivity contribution in [1.82, 2.24) is 5.06 Å². The standard InChI is InChI=1S/C20H21NO4/c1-15-18(13-22)19(20(23)24-14-17-10-6-3-7-11-17)21(25-15)12-16-8-4-2-5-9-16/h2-11,13,15,18-19H,12,14H2,1H3/t15-,18-,19-/m1/s1. The van der Waals surface area contributed by atoms with E-state index in [4.69, 9.17) is 9.57 Å². The predicted octanol–water partition coefficient (Wildman–Crippen LogP) is 2.75. The Morgan fingerprint density at radius 2 is 1.68 bits per heavy atom. The Kier molecular flexibility index (Phi) is 5.58. The first-order valence-corrected chi connectivity index (χ1v) is 8.32. The predicted molar refractivity (Wildman–Crippen MR) is 92.1 cm³/mol. The number of benzene rings is 2. The monoisotopic (exact) mass is 339 g/mol. The van der Waals surface area contributed by atoms with Crippen LogP contribution >= 0.6 is 0 Å². The average molecular weight is 339 g/mol. The first kappa shape index (κ1) is 17.3. The van der Waals surface area contributed by atoms with Crippen molar-refractivity contribution in [2.24, 2.45) is 5.92 Å². The molecule has 2 aromatic rings. The van der Waals surface area contributed by atoms with Crippen molar-refractivity contribution < 1.29 is 19.2 Å². The molecule has 1 heterocycles. The van der Waals surface area contributed by atoms with E-state index in [2.05, 4.69) is 0 Å². The van der Waals surface area contributed by atoms with Gasteiger partial charge in [0.15, 0.2) is 0 Å². The van der Waals surface area contributed by atoms with Crippen molar-refractivity contribution in [3.05, 3.63) is 71.8 Å². The van der Waals surface area contributed by atoms with Crippen molar-refractivity contribution in [2.75, 3.05) is 0 Å². The number of ether oxygens (including phenoxy) is 1. The summed E-state index contributed by atoms with van der Waals surface area (Å²) in [5, 5.41) is 1.56. The summed E-state index contributed by atoms with van der Waals surface area (Å²) in [6.07, 6.45) is 0.417. The normalized spacial score (nSPS) is 23.3. The number of hydrogen-bond donors (Lipinski definition) is 0. The second-order valence-electron chi connectivity index (χ2n) is 6.12. The minimum Gasteiger partial charge on any atom is -0.460 e. The smallest absolute Gasteiger partial charge is 0.326 e. The second kappa shape index (κ2) is 8.05. The first-order valence-electron chi connectivity index (χ1n) is 8.32. The lowest BCUT2D eigenvalue weighted by Crippen LogP contribution is -2.40. The van der Waals surface area contributed by atoms with Crippen molar-refractivity contribution in [2.45, 2.75) is 32.2 Å². The molecule has 1 aliphatic rings. The summed E-state index contributed by atoms with van der Waals surface area (Å²) in [6, 6.07) is 18.4. The number of hydroxylamine groups is 2. The van der Waals surface area contributed by atoms with E-state index in [1.807, 2.05) is 60.7 Å². The van der Waals surface area contributed by atoms with E-state index < -0.39 is 17.9 Å². The van der Waals surface area contributed by atoms with Gasteiger partial charge in [-0.25, -0.2) is 0 Å². The molecule has 5 nitrogen and oxygen atoms in total. The lowest BCUT2D eigenvalue weighted by Gasteiger charge is -2.22. The van der Waals surface area contributed by atoms with Crippen LogP contribution in [0.3, 0.4) is 0 Å². The van der Waals surface area contributed by atoms with Gasteiger partial charge in [0.25, 0.3) is 0 Å². The highest BCUT2D eigenvalue weighted by molar-refractivity contribution is 5.80. The number of aldehydes is 1. The van der Waals surface area contributed by atoms with Crippen LogP contribution in [0.4, 0.5) is 0 Å². The number of hydrogen-bond acceptors (Lipinski definition) is 5. The third-order valence-electron chi connectivity index (χ3n) is 4.32. The Bertz CT molecular complexity index is 704. The third-order valence-corrected chi connectivity index (χ3v) is 4.32. The minimum atomic E-state index is -0.739. The largest absolute Gasteiger partial charge is 0.460 e. The molecule has 5 heteroatoms. The number of carbonyl (C=O) groups excluding carboxylic acids is 2. The molecule has 1 aliphatic heterocycles. The van der Waals surface area contributed by atoms with E-state index >= 15 is 0 Å². The van der Waals surface area contributed by atoms with Crippen molar-refractivity contribution in [3.63, 3.8) is 0 Å². The van der Waals surface area contributed by atoms with Gasteiger partial charge >= 0.3 is 5.97 Å². The zero-order valence-corrected chi connectivity index (χ0v) is 14.1. The van der Waals surface area contributed by atoms with Crippen LogP contribution in [0.2, 0.25) is 0 Å². The van der Waals surface area contributed by atoms with Gasteiger partial charge in [0.1, 0.15) is 18.9 Å². The molecular formula is C20H21NO4. The third kappa shape index (κ3) is 4.13. The Morgan fingerprint density at radius 1 is 1.08 bits per heavy atom. The summed E-state index contributed by atoms with van der Waals surface area (Å²) >= 11 is 0. The quantitative estimate of drug-likeness (QED) is 0.598. The molecule has 130 valence electrons. The summed E-state index contributed by atoms with van der Waals surface area (Å²) in [5.41, 5.74) is 1.90. The molecule has 0 saturated carbocycles. The number of rotatable bonds is 6. The van der Waals surface area contributed by atoms with Crippen molar-refractivity contribution in [3.8, 4) is 0 Å². The summed E-state index contributed by atoms with van der Waals surface area (Å²) in [5.74, 6) is -0.992. The molecule has 3 rings (SSSR count). The molecule has 2 aromatic carbocycles. The number of carbonyl (C=O) groups is 2. The van der Waals surface area contributed by atoms with E-state index in [0.29, 0.717) is 6.54 Å². The molecule has 25 heavy (non-hydrogen) atoms. The zero-order valence-electron chi connectivity index (χ0n) is 14.1. The average Bonchev–Trinajstić information content (AvgIpc) is 2.96. The van der Waals surface area contributed by atoms with Gasteiger partial charge in [-0.2, -0.15) is 5.06 Å². The van der Waals surface area contributed by atoms with Gasteiger partial charge in [-0.15, -0.1) is 0 Å². The molecule has 1 fully saturated rings. The van der Waals surface area contributed by atoms with Crippen LogP contribution in [-0.4, -0.2) is 29.5 Å². The van der Waals surface area contributed by atoms with E-state index in [1.165, 1.54) is 0 Å². The van der Waals surface area contributed by atoms with Gasteiger partial charge < -0.3 is 9.53 Å². The van der Waals surface area contributed by atoms with Gasteiger partial charge in [-0.3, -0.25) is 9.63 Å². The second-order valence-corrected chi connectivity index (χ2v) is 6.12. The maximum absolute atomic E-state index is 12.6. The molecule has 0 amide bonds. The minimum absolute atomic E-state index is 0.176. The fraction of sp³-hybridized carbons (Fsp3) is 0.300. The summed E-state index contributed by atoms with van der Waals surface area (Å²) in [6.45, 7) is 2.39. The van der Waals surface area contributed by atoms with Crippen LogP contribution in [0.15, 0.2) is 60.7 Å².